The van der Waals surface area contributed by atoms with Crippen molar-refractivity contribution in [2.75, 3.05) is 0 Å². The number of halogens is 1. The summed E-state index contributed by atoms with van der Waals surface area (Å²) in [7, 11) is 2.99. The van der Waals surface area contributed by atoms with Crippen molar-refractivity contribution < 1.29 is 0 Å². The minimum Gasteiger partial charge on any atom is -0.280 e. The van der Waals surface area contributed by atoms with Gasteiger partial charge in [0.15, 0.2) is 17.0 Å². The monoisotopic (exact) mass is 342 g/mol. The fourth-order valence-electron chi connectivity index (χ4n) is 2.75. The Morgan fingerprint density at radius 2 is 1.79 bits per heavy atom. The zero-order valence-electron chi connectivity index (χ0n) is 12.8. The topological polar surface area (TPSA) is 87.6 Å². The molecule has 0 spiro atoms. The Labute approximate surface area is 139 Å². The van der Waals surface area contributed by atoms with E-state index in [1.807, 2.05) is 24.3 Å². The van der Waals surface area contributed by atoms with Gasteiger partial charge in [0.2, 0.25) is 5.28 Å². The maximum atomic E-state index is 12.3. The van der Waals surface area contributed by atoms with E-state index in [1.165, 1.54) is 17.9 Å². The van der Waals surface area contributed by atoms with Crippen LogP contribution >= 0.6 is 11.6 Å². The molecule has 8 nitrogen and oxygen atoms in total. The number of nitrogens with zero attached hydrogens (tertiary/aromatic N) is 6. The maximum absolute atomic E-state index is 12.3. The van der Waals surface area contributed by atoms with E-state index in [0.29, 0.717) is 17.0 Å². The highest BCUT2D eigenvalue weighted by Gasteiger charge is 2.17. The summed E-state index contributed by atoms with van der Waals surface area (Å²) in [6.07, 6.45) is 1.45. The molecule has 0 N–H and O–H groups in total. The quantitative estimate of drug-likeness (QED) is 0.482. The van der Waals surface area contributed by atoms with E-state index in [4.69, 9.17) is 11.6 Å². The standard InChI is InChI=1S/C15H11ClN6O2/c1-20-12-10(13(23)21(2)15(20)24)17-7-22(12)11-8-5-3-4-6-9(8)18-14(16)19-11/h3-7H,1-2H3. The van der Waals surface area contributed by atoms with Gasteiger partial charge < -0.3 is 0 Å². The molecule has 0 aliphatic heterocycles. The third-order valence-corrected chi connectivity index (χ3v) is 4.09. The van der Waals surface area contributed by atoms with Crippen LogP contribution in [0.2, 0.25) is 5.28 Å². The minimum absolute atomic E-state index is 0.0689. The fraction of sp³-hybridized carbons (Fsp3) is 0.133. The maximum Gasteiger partial charge on any atom is 0.332 e. The van der Waals surface area contributed by atoms with Crippen LogP contribution in [0.25, 0.3) is 27.9 Å². The van der Waals surface area contributed by atoms with Gasteiger partial charge in [-0.3, -0.25) is 18.5 Å². The van der Waals surface area contributed by atoms with Gasteiger partial charge in [-0.05, 0) is 23.7 Å². The molecule has 0 amide bonds. The van der Waals surface area contributed by atoms with Crippen LogP contribution in [0.5, 0.6) is 0 Å². The van der Waals surface area contributed by atoms with Crippen molar-refractivity contribution in [2.24, 2.45) is 14.1 Å². The van der Waals surface area contributed by atoms with E-state index in [1.54, 1.807) is 11.6 Å². The molecule has 0 aliphatic carbocycles. The van der Waals surface area contributed by atoms with Crippen LogP contribution in [0, 0.1) is 0 Å². The van der Waals surface area contributed by atoms with Gasteiger partial charge in [0.25, 0.3) is 5.56 Å². The third kappa shape index (κ3) is 1.89. The molecule has 1 aromatic carbocycles. The number of imidazole rings is 1. The summed E-state index contributed by atoms with van der Waals surface area (Å²) in [5, 5.41) is 0.800. The van der Waals surface area contributed by atoms with Crippen molar-refractivity contribution in [3.63, 3.8) is 0 Å². The van der Waals surface area contributed by atoms with Gasteiger partial charge >= 0.3 is 5.69 Å². The molecule has 0 saturated heterocycles. The number of benzene rings is 1. The Morgan fingerprint density at radius 3 is 2.58 bits per heavy atom. The van der Waals surface area contributed by atoms with Crippen molar-refractivity contribution >= 4 is 33.7 Å². The SMILES string of the molecule is Cn1c(=O)c2ncn(-c3nc(Cl)nc4ccccc34)c2n(C)c1=O. The van der Waals surface area contributed by atoms with Crippen LogP contribution < -0.4 is 11.2 Å². The second-order valence-electron chi connectivity index (χ2n) is 5.33. The summed E-state index contributed by atoms with van der Waals surface area (Å²) in [6, 6.07) is 7.34. The Bertz CT molecular complexity index is 1240. The van der Waals surface area contributed by atoms with E-state index in [9.17, 15) is 9.59 Å². The van der Waals surface area contributed by atoms with Gasteiger partial charge in [0.1, 0.15) is 6.33 Å². The molecule has 0 saturated carbocycles. The number of aromatic nitrogens is 6. The lowest BCUT2D eigenvalue weighted by Crippen LogP contribution is -2.37. The van der Waals surface area contributed by atoms with Crippen molar-refractivity contribution in [1.82, 2.24) is 28.7 Å². The highest BCUT2D eigenvalue weighted by molar-refractivity contribution is 6.28. The molecular weight excluding hydrogens is 332 g/mol. The molecule has 120 valence electrons. The number of fused-ring (bicyclic) bond motifs is 2. The molecule has 0 unspecified atom stereocenters. The first kappa shape index (κ1) is 14.6. The van der Waals surface area contributed by atoms with E-state index >= 15 is 0 Å². The van der Waals surface area contributed by atoms with E-state index < -0.39 is 11.2 Å². The van der Waals surface area contributed by atoms with Gasteiger partial charge in [-0.25, -0.2) is 14.8 Å². The first-order valence-electron chi connectivity index (χ1n) is 7.05. The van der Waals surface area contributed by atoms with Crippen LogP contribution in [0.1, 0.15) is 0 Å². The smallest absolute Gasteiger partial charge is 0.280 e. The number of rotatable bonds is 1. The number of aryl methyl sites for hydroxylation is 1. The first-order valence-corrected chi connectivity index (χ1v) is 7.42. The predicted octanol–water partition coefficient (Wildman–Crippen LogP) is 1.02. The molecule has 0 atom stereocenters. The predicted molar refractivity (Wildman–Crippen MR) is 89.7 cm³/mol. The molecule has 3 heterocycles. The average molecular weight is 343 g/mol. The summed E-state index contributed by atoms with van der Waals surface area (Å²) in [5.74, 6) is 0.455. The molecular formula is C15H11ClN6O2. The Balaban J connectivity index is 2.21. The molecule has 0 bridgehead atoms. The van der Waals surface area contributed by atoms with Crippen molar-refractivity contribution in [2.45, 2.75) is 0 Å². The summed E-state index contributed by atoms with van der Waals surface area (Å²) in [5.41, 5.74) is 0.277. The minimum atomic E-state index is -0.462. The third-order valence-electron chi connectivity index (χ3n) is 3.93. The van der Waals surface area contributed by atoms with E-state index in [2.05, 4.69) is 15.0 Å². The highest BCUT2D eigenvalue weighted by Crippen LogP contribution is 2.23. The summed E-state index contributed by atoms with van der Waals surface area (Å²) in [4.78, 5) is 37.1. The zero-order valence-corrected chi connectivity index (χ0v) is 13.5. The van der Waals surface area contributed by atoms with Gasteiger partial charge in [-0.15, -0.1) is 0 Å². The van der Waals surface area contributed by atoms with Crippen molar-refractivity contribution in [1.29, 1.82) is 0 Å². The molecule has 9 heteroatoms. The van der Waals surface area contributed by atoms with Gasteiger partial charge in [-0.2, -0.15) is 4.98 Å². The normalized spacial score (nSPS) is 11.5. The van der Waals surface area contributed by atoms with Crippen molar-refractivity contribution in [3.05, 3.63) is 56.7 Å². The zero-order chi connectivity index (χ0) is 17.0. The molecule has 0 aliphatic rings. The van der Waals surface area contributed by atoms with Gasteiger partial charge in [0, 0.05) is 19.5 Å². The molecule has 4 aromatic rings. The summed E-state index contributed by atoms with van der Waals surface area (Å²) < 4.78 is 3.95. The van der Waals surface area contributed by atoms with E-state index in [-0.39, 0.29) is 10.8 Å². The van der Waals surface area contributed by atoms with E-state index in [0.717, 1.165) is 9.95 Å². The number of para-hydroxylation sites is 1. The van der Waals surface area contributed by atoms with Crippen LogP contribution in [0.4, 0.5) is 0 Å². The van der Waals surface area contributed by atoms with Crippen LogP contribution in [0.3, 0.4) is 0 Å². The molecule has 3 aromatic heterocycles. The average Bonchev–Trinajstić information content (AvgIpc) is 3.02. The van der Waals surface area contributed by atoms with Gasteiger partial charge in [0.05, 0.1) is 5.52 Å². The first-order chi connectivity index (χ1) is 11.5. The molecule has 24 heavy (non-hydrogen) atoms. The van der Waals surface area contributed by atoms with Crippen LogP contribution in [0.15, 0.2) is 40.2 Å². The Hall–Kier alpha value is -3.00. The lowest BCUT2D eigenvalue weighted by atomic mass is 10.2. The highest BCUT2D eigenvalue weighted by atomic mass is 35.5. The lowest BCUT2D eigenvalue weighted by Gasteiger charge is -2.10. The largest absolute Gasteiger partial charge is 0.332 e. The second-order valence-corrected chi connectivity index (χ2v) is 5.66. The fourth-order valence-corrected chi connectivity index (χ4v) is 2.92. The Morgan fingerprint density at radius 1 is 1.04 bits per heavy atom. The number of hydrogen-bond acceptors (Lipinski definition) is 5. The van der Waals surface area contributed by atoms with Gasteiger partial charge in [-0.1, -0.05) is 12.1 Å². The lowest BCUT2D eigenvalue weighted by molar-refractivity contribution is 0.703. The van der Waals surface area contributed by atoms with Crippen LogP contribution in [-0.2, 0) is 14.1 Å². The Kier molecular flexibility index (Phi) is 3.04. The molecule has 4 rings (SSSR count). The molecule has 0 radical (unpaired) electrons. The van der Waals surface area contributed by atoms with Crippen LogP contribution in [-0.4, -0.2) is 28.7 Å². The second kappa shape index (κ2) is 5.00. The summed E-state index contributed by atoms with van der Waals surface area (Å²) in [6.45, 7) is 0. The number of hydrogen-bond donors (Lipinski definition) is 0. The van der Waals surface area contributed by atoms with Crippen molar-refractivity contribution in [3.8, 4) is 5.82 Å². The summed E-state index contributed by atoms with van der Waals surface area (Å²) >= 11 is 6.03. The molecule has 0 fully saturated rings.